The molecule has 19 heavy (non-hydrogen) atoms. The monoisotopic (exact) mass is 264 g/mol. The molecule has 0 bridgehead atoms. The van der Waals surface area contributed by atoms with Gasteiger partial charge in [-0.3, -0.25) is 0 Å². The van der Waals surface area contributed by atoms with Crippen LogP contribution in [0.15, 0.2) is 24.3 Å². The number of hydrogen-bond donors (Lipinski definition) is 0. The van der Waals surface area contributed by atoms with Crippen molar-refractivity contribution < 1.29 is 13.9 Å². The number of ether oxygens (including phenoxy) is 2. The van der Waals surface area contributed by atoms with E-state index in [-0.39, 0.29) is 17.5 Å². The Kier molecular flexibility index (Phi) is 3.74. The first-order valence-electron chi connectivity index (χ1n) is 7.32. The molecule has 104 valence electrons. The van der Waals surface area contributed by atoms with E-state index in [1.165, 1.54) is 31.4 Å². The lowest BCUT2D eigenvalue weighted by atomic mass is 9.79. The molecule has 0 radical (unpaired) electrons. The van der Waals surface area contributed by atoms with Crippen LogP contribution in [0.5, 0.6) is 5.75 Å². The third-order valence-electron chi connectivity index (χ3n) is 4.31. The van der Waals surface area contributed by atoms with Crippen molar-refractivity contribution in [3.63, 3.8) is 0 Å². The largest absolute Gasteiger partial charge is 0.490 e. The predicted molar refractivity (Wildman–Crippen MR) is 71.8 cm³/mol. The maximum atomic E-state index is 13.2. The fourth-order valence-corrected chi connectivity index (χ4v) is 3.36. The summed E-state index contributed by atoms with van der Waals surface area (Å²) in [6, 6.07) is 6.43. The molecule has 1 aliphatic heterocycles. The number of hydrogen-bond acceptors (Lipinski definition) is 2. The van der Waals surface area contributed by atoms with Crippen LogP contribution in [0, 0.1) is 5.82 Å². The average molecular weight is 264 g/mol. The van der Waals surface area contributed by atoms with Gasteiger partial charge in [0.05, 0.1) is 12.2 Å². The molecule has 1 saturated carbocycles. The molecule has 1 aromatic carbocycles. The standard InChI is InChI=1S/C16H21FO2/c17-13-5-4-6-14(11-13)19-15-7-10-18-16(12-15)8-2-1-3-9-16/h4-6,11,15H,1-3,7-10,12H2. The Balaban J connectivity index is 1.65. The quantitative estimate of drug-likeness (QED) is 0.801. The molecule has 1 unspecified atom stereocenters. The average Bonchev–Trinajstić information content (AvgIpc) is 2.40. The van der Waals surface area contributed by atoms with Crippen LogP contribution in [0.1, 0.15) is 44.9 Å². The third-order valence-corrected chi connectivity index (χ3v) is 4.31. The van der Waals surface area contributed by atoms with E-state index in [2.05, 4.69) is 0 Å². The van der Waals surface area contributed by atoms with Crippen LogP contribution < -0.4 is 4.74 Å². The van der Waals surface area contributed by atoms with Gasteiger partial charge in [-0.05, 0) is 25.0 Å². The maximum Gasteiger partial charge on any atom is 0.126 e. The SMILES string of the molecule is Fc1cccc(OC2CCOC3(CCCCC3)C2)c1. The first-order chi connectivity index (χ1) is 9.26. The van der Waals surface area contributed by atoms with Gasteiger partial charge in [-0.2, -0.15) is 0 Å². The smallest absolute Gasteiger partial charge is 0.126 e. The first kappa shape index (κ1) is 12.9. The lowest BCUT2D eigenvalue weighted by Crippen LogP contribution is -2.45. The van der Waals surface area contributed by atoms with Gasteiger partial charge < -0.3 is 9.47 Å². The van der Waals surface area contributed by atoms with E-state index in [0.717, 1.165) is 32.3 Å². The fourth-order valence-electron chi connectivity index (χ4n) is 3.36. The van der Waals surface area contributed by atoms with Gasteiger partial charge >= 0.3 is 0 Å². The Bertz CT molecular complexity index is 421. The number of benzene rings is 1. The minimum Gasteiger partial charge on any atom is -0.490 e. The molecule has 1 heterocycles. The third kappa shape index (κ3) is 3.08. The van der Waals surface area contributed by atoms with Crippen molar-refractivity contribution in [3.05, 3.63) is 30.1 Å². The topological polar surface area (TPSA) is 18.5 Å². The number of halogens is 1. The van der Waals surface area contributed by atoms with Crippen molar-refractivity contribution in [1.29, 1.82) is 0 Å². The van der Waals surface area contributed by atoms with E-state index in [0.29, 0.717) is 5.75 Å². The van der Waals surface area contributed by atoms with Crippen molar-refractivity contribution in [1.82, 2.24) is 0 Å². The summed E-state index contributed by atoms with van der Waals surface area (Å²) in [7, 11) is 0. The van der Waals surface area contributed by atoms with E-state index < -0.39 is 0 Å². The zero-order valence-electron chi connectivity index (χ0n) is 11.2. The van der Waals surface area contributed by atoms with Crippen molar-refractivity contribution >= 4 is 0 Å². The Labute approximate surface area is 113 Å². The molecule has 1 aliphatic carbocycles. The van der Waals surface area contributed by atoms with Gasteiger partial charge in [-0.15, -0.1) is 0 Å². The molecule has 2 aliphatic rings. The summed E-state index contributed by atoms with van der Waals surface area (Å²) in [5, 5.41) is 0. The Morgan fingerprint density at radius 3 is 2.84 bits per heavy atom. The highest BCUT2D eigenvalue weighted by molar-refractivity contribution is 5.22. The Morgan fingerprint density at radius 2 is 2.05 bits per heavy atom. The van der Waals surface area contributed by atoms with Crippen molar-refractivity contribution in [2.24, 2.45) is 0 Å². The summed E-state index contributed by atoms with van der Waals surface area (Å²) in [5.74, 6) is 0.398. The summed E-state index contributed by atoms with van der Waals surface area (Å²) in [6.07, 6.45) is 8.14. The van der Waals surface area contributed by atoms with Crippen LogP contribution in [0.25, 0.3) is 0 Å². The molecule has 2 nitrogen and oxygen atoms in total. The van der Waals surface area contributed by atoms with Crippen molar-refractivity contribution in [2.45, 2.75) is 56.7 Å². The summed E-state index contributed by atoms with van der Waals surface area (Å²) in [4.78, 5) is 0. The molecule has 1 atom stereocenters. The second-order valence-corrected chi connectivity index (χ2v) is 5.78. The van der Waals surface area contributed by atoms with E-state index >= 15 is 0 Å². The summed E-state index contributed by atoms with van der Waals surface area (Å²) in [5.41, 5.74) is 0.0362. The van der Waals surface area contributed by atoms with Gasteiger partial charge in [0.25, 0.3) is 0 Å². The van der Waals surface area contributed by atoms with Crippen LogP contribution >= 0.6 is 0 Å². The minimum absolute atomic E-state index is 0.0362. The van der Waals surface area contributed by atoms with Gasteiger partial charge in [0.1, 0.15) is 17.7 Å². The lowest BCUT2D eigenvalue weighted by Gasteiger charge is -2.43. The zero-order chi connectivity index (χ0) is 13.1. The first-order valence-corrected chi connectivity index (χ1v) is 7.32. The highest BCUT2D eigenvalue weighted by Crippen LogP contribution is 2.39. The van der Waals surface area contributed by atoms with Crippen LogP contribution in [0.4, 0.5) is 4.39 Å². The van der Waals surface area contributed by atoms with Crippen molar-refractivity contribution in [2.75, 3.05) is 6.61 Å². The van der Waals surface area contributed by atoms with E-state index in [9.17, 15) is 4.39 Å². The molecule has 0 aromatic heterocycles. The molecule has 1 spiro atoms. The van der Waals surface area contributed by atoms with Gasteiger partial charge in [0, 0.05) is 18.9 Å². The van der Waals surface area contributed by atoms with Crippen molar-refractivity contribution in [3.8, 4) is 5.75 Å². The zero-order valence-corrected chi connectivity index (χ0v) is 11.2. The van der Waals surface area contributed by atoms with Gasteiger partial charge in [-0.25, -0.2) is 4.39 Å². The predicted octanol–water partition coefficient (Wildman–Crippen LogP) is 4.09. The van der Waals surface area contributed by atoms with E-state index in [1.807, 2.05) is 6.07 Å². The summed E-state index contributed by atoms with van der Waals surface area (Å²) < 4.78 is 25.2. The van der Waals surface area contributed by atoms with Crippen LogP contribution in [0.2, 0.25) is 0 Å². The molecular weight excluding hydrogens is 243 g/mol. The fraction of sp³-hybridized carbons (Fsp3) is 0.625. The minimum atomic E-state index is -0.239. The van der Waals surface area contributed by atoms with Crippen LogP contribution in [-0.2, 0) is 4.74 Å². The second kappa shape index (κ2) is 5.49. The molecule has 1 aromatic rings. The second-order valence-electron chi connectivity index (χ2n) is 5.78. The molecule has 1 saturated heterocycles. The summed E-state index contributed by atoms with van der Waals surface area (Å²) in [6.45, 7) is 0.764. The molecule has 0 N–H and O–H groups in total. The molecule has 2 fully saturated rings. The molecule has 0 amide bonds. The maximum absolute atomic E-state index is 13.2. The Morgan fingerprint density at radius 1 is 1.21 bits per heavy atom. The summed E-state index contributed by atoms with van der Waals surface area (Å²) >= 11 is 0. The molecule has 3 rings (SSSR count). The highest BCUT2D eigenvalue weighted by atomic mass is 19.1. The molecular formula is C16H21FO2. The van der Waals surface area contributed by atoms with Gasteiger partial charge in [0.15, 0.2) is 0 Å². The lowest BCUT2D eigenvalue weighted by molar-refractivity contribution is -0.129. The van der Waals surface area contributed by atoms with E-state index in [1.54, 1.807) is 6.07 Å². The molecule has 3 heteroatoms. The Hall–Kier alpha value is -1.09. The highest BCUT2D eigenvalue weighted by Gasteiger charge is 2.39. The van der Waals surface area contributed by atoms with E-state index in [4.69, 9.17) is 9.47 Å². The number of rotatable bonds is 2. The van der Waals surface area contributed by atoms with Gasteiger partial charge in [-0.1, -0.05) is 25.3 Å². The van der Waals surface area contributed by atoms with Gasteiger partial charge in [0.2, 0.25) is 0 Å². The van der Waals surface area contributed by atoms with Crippen LogP contribution in [-0.4, -0.2) is 18.3 Å². The normalized spacial score (nSPS) is 26.3. The van der Waals surface area contributed by atoms with Crippen LogP contribution in [0.3, 0.4) is 0 Å².